The second kappa shape index (κ2) is 5.40. The molecule has 0 saturated carbocycles. The summed E-state index contributed by atoms with van der Waals surface area (Å²) in [5, 5.41) is 2.82. The van der Waals surface area contributed by atoms with Crippen molar-refractivity contribution >= 4 is 27.1 Å². The smallest absolute Gasteiger partial charge is 0.224 e. The van der Waals surface area contributed by atoms with E-state index in [0.717, 1.165) is 11.3 Å². The highest BCUT2D eigenvalue weighted by atomic mass is 32.2. The third kappa shape index (κ3) is 3.32. The Kier molecular flexibility index (Phi) is 4.07. The summed E-state index contributed by atoms with van der Waals surface area (Å²) in [6, 6.07) is 4.07. The molecule has 1 aromatic rings. The second-order valence-electron chi connectivity index (χ2n) is 4.54. The average Bonchev–Trinajstić information content (AvgIpc) is 2.92. The molecule has 1 fully saturated rings. The molecule has 1 aromatic heterocycles. The van der Waals surface area contributed by atoms with Crippen molar-refractivity contribution in [3.05, 3.63) is 21.9 Å². The van der Waals surface area contributed by atoms with Crippen LogP contribution in [0.5, 0.6) is 0 Å². The molecule has 0 spiro atoms. The van der Waals surface area contributed by atoms with Crippen molar-refractivity contribution in [2.24, 2.45) is 5.92 Å². The molecule has 0 unspecified atom stereocenters. The molecule has 18 heavy (non-hydrogen) atoms. The van der Waals surface area contributed by atoms with Crippen LogP contribution in [-0.2, 0) is 27.6 Å². The molecule has 1 saturated heterocycles. The van der Waals surface area contributed by atoms with Gasteiger partial charge in [0.2, 0.25) is 5.91 Å². The molecule has 2 rings (SSSR count). The van der Waals surface area contributed by atoms with Crippen molar-refractivity contribution in [1.29, 1.82) is 0 Å². The number of hydrogen-bond acceptors (Lipinski definition) is 4. The van der Waals surface area contributed by atoms with E-state index in [9.17, 15) is 13.2 Å². The predicted octanol–water partition coefficient (Wildman–Crippen LogP) is 1.36. The Morgan fingerprint density at radius 2 is 2.17 bits per heavy atom. The highest BCUT2D eigenvalue weighted by molar-refractivity contribution is 7.91. The van der Waals surface area contributed by atoms with E-state index in [0.29, 0.717) is 13.0 Å². The van der Waals surface area contributed by atoms with Crippen LogP contribution in [0.4, 0.5) is 0 Å². The molecule has 1 aliphatic heterocycles. The Balaban J connectivity index is 1.85. The van der Waals surface area contributed by atoms with Crippen molar-refractivity contribution in [3.8, 4) is 0 Å². The third-order valence-electron chi connectivity index (χ3n) is 3.11. The Morgan fingerprint density at radius 3 is 2.72 bits per heavy atom. The van der Waals surface area contributed by atoms with Gasteiger partial charge in [-0.05, 0) is 25.0 Å². The minimum atomic E-state index is -2.98. The molecule has 1 atom stereocenters. The quantitative estimate of drug-likeness (QED) is 0.909. The number of carbonyl (C=O) groups excluding carboxylic acids is 1. The lowest BCUT2D eigenvalue weighted by Gasteiger charge is -2.08. The van der Waals surface area contributed by atoms with Crippen LogP contribution in [0.3, 0.4) is 0 Å². The lowest BCUT2D eigenvalue weighted by atomic mass is 10.1. The van der Waals surface area contributed by atoms with Crippen LogP contribution in [0.15, 0.2) is 12.1 Å². The van der Waals surface area contributed by atoms with Gasteiger partial charge in [0.05, 0.1) is 24.0 Å². The molecule has 0 bridgehead atoms. The van der Waals surface area contributed by atoms with E-state index in [-0.39, 0.29) is 23.3 Å². The summed E-state index contributed by atoms with van der Waals surface area (Å²) in [6.45, 7) is 2.59. The number of hydrogen-bond donors (Lipinski definition) is 1. The molecule has 1 aliphatic rings. The Bertz CT molecular complexity index is 533. The van der Waals surface area contributed by atoms with E-state index in [4.69, 9.17) is 0 Å². The normalized spacial score (nSPS) is 21.9. The average molecular weight is 287 g/mol. The second-order valence-corrected chi connectivity index (χ2v) is 8.02. The van der Waals surface area contributed by atoms with Gasteiger partial charge in [0.1, 0.15) is 0 Å². The lowest BCUT2D eigenvalue weighted by Crippen LogP contribution is -2.30. The summed E-state index contributed by atoms with van der Waals surface area (Å²) >= 11 is 1.68. The van der Waals surface area contributed by atoms with Crippen LogP contribution in [0, 0.1) is 5.92 Å². The number of thiophene rings is 1. The van der Waals surface area contributed by atoms with E-state index in [1.807, 2.05) is 6.07 Å². The molecule has 4 nitrogen and oxygen atoms in total. The molecule has 2 heterocycles. The highest BCUT2D eigenvalue weighted by Crippen LogP contribution is 2.20. The van der Waals surface area contributed by atoms with Gasteiger partial charge in [-0.2, -0.15) is 0 Å². The van der Waals surface area contributed by atoms with Gasteiger partial charge in [-0.1, -0.05) is 6.92 Å². The first-order valence-corrected chi connectivity index (χ1v) is 8.69. The first-order chi connectivity index (χ1) is 8.50. The number of nitrogens with one attached hydrogen (secondary N) is 1. The number of carbonyl (C=O) groups is 1. The van der Waals surface area contributed by atoms with Crippen molar-refractivity contribution in [2.45, 2.75) is 26.3 Å². The molecule has 0 aromatic carbocycles. The zero-order valence-corrected chi connectivity index (χ0v) is 11.9. The van der Waals surface area contributed by atoms with Gasteiger partial charge in [0, 0.05) is 9.75 Å². The van der Waals surface area contributed by atoms with Crippen molar-refractivity contribution in [1.82, 2.24) is 5.32 Å². The Labute approximate surface area is 111 Å². The fraction of sp³-hybridized carbons (Fsp3) is 0.583. The number of aryl methyl sites for hydroxylation is 1. The Hall–Kier alpha value is -0.880. The minimum Gasteiger partial charge on any atom is -0.351 e. The Morgan fingerprint density at radius 1 is 1.44 bits per heavy atom. The minimum absolute atomic E-state index is 0.00346. The number of amides is 1. The lowest BCUT2D eigenvalue weighted by molar-refractivity contribution is -0.124. The predicted molar refractivity (Wildman–Crippen MR) is 72.3 cm³/mol. The zero-order chi connectivity index (χ0) is 13.2. The first-order valence-electron chi connectivity index (χ1n) is 6.06. The van der Waals surface area contributed by atoms with Gasteiger partial charge >= 0.3 is 0 Å². The summed E-state index contributed by atoms with van der Waals surface area (Å²) < 4.78 is 22.6. The largest absolute Gasteiger partial charge is 0.351 e. The van der Waals surface area contributed by atoms with Crippen LogP contribution in [-0.4, -0.2) is 25.8 Å². The number of sulfone groups is 1. The van der Waals surface area contributed by atoms with Crippen LogP contribution >= 0.6 is 11.3 Å². The summed E-state index contributed by atoms with van der Waals surface area (Å²) in [5.74, 6) is -0.351. The van der Waals surface area contributed by atoms with Gasteiger partial charge in [0.25, 0.3) is 0 Å². The fourth-order valence-corrected chi connectivity index (χ4v) is 4.67. The van der Waals surface area contributed by atoms with Gasteiger partial charge in [-0.15, -0.1) is 11.3 Å². The zero-order valence-electron chi connectivity index (χ0n) is 10.3. The summed E-state index contributed by atoms with van der Waals surface area (Å²) in [6.07, 6.45) is 1.46. The van der Waals surface area contributed by atoms with Crippen LogP contribution in [0.25, 0.3) is 0 Å². The first kappa shape index (κ1) is 13.5. The van der Waals surface area contributed by atoms with Crippen LogP contribution in [0.1, 0.15) is 23.1 Å². The summed E-state index contributed by atoms with van der Waals surface area (Å²) in [4.78, 5) is 14.2. The van der Waals surface area contributed by atoms with E-state index < -0.39 is 9.84 Å². The standard InChI is InChI=1S/C12H17NO3S2/c1-2-10-3-4-11(17-10)7-13-12(14)9-5-6-18(15,16)8-9/h3-4,9H,2,5-8H2,1H3,(H,13,14)/t9-/m1/s1. The topological polar surface area (TPSA) is 63.2 Å². The maximum atomic E-state index is 11.8. The SMILES string of the molecule is CCc1ccc(CNC(=O)[C@@H]2CCS(=O)(=O)C2)s1. The van der Waals surface area contributed by atoms with Crippen LogP contribution in [0.2, 0.25) is 0 Å². The summed E-state index contributed by atoms with van der Waals surface area (Å²) in [5.41, 5.74) is 0. The molecule has 6 heteroatoms. The molecule has 1 amide bonds. The van der Waals surface area contributed by atoms with Gasteiger partial charge in [-0.25, -0.2) is 8.42 Å². The molecule has 1 N–H and O–H groups in total. The maximum Gasteiger partial charge on any atom is 0.224 e. The fourth-order valence-electron chi connectivity index (χ4n) is 2.03. The van der Waals surface area contributed by atoms with Crippen molar-refractivity contribution < 1.29 is 13.2 Å². The van der Waals surface area contributed by atoms with E-state index in [1.165, 1.54) is 4.88 Å². The monoisotopic (exact) mass is 287 g/mol. The highest BCUT2D eigenvalue weighted by Gasteiger charge is 2.32. The van der Waals surface area contributed by atoms with Gasteiger partial charge in [0.15, 0.2) is 9.84 Å². The third-order valence-corrected chi connectivity index (χ3v) is 6.10. The number of rotatable bonds is 4. The molecular formula is C12H17NO3S2. The van der Waals surface area contributed by atoms with E-state index in [2.05, 4.69) is 18.3 Å². The van der Waals surface area contributed by atoms with Crippen LogP contribution < -0.4 is 5.32 Å². The molecule has 0 aliphatic carbocycles. The van der Waals surface area contributed by atoms with Gasteiger partial charge < -0.3 is 5.32 Å². The van der Waals surface area contributed by atoms with E-state index >= 15 is 0 Å². The maximum absolute atomic E-state index is 11.8. The molecule has 100 valence electrons. The molecule has 0 radical (unpaired) electrons. The van der Waals surface area contributed by atoms with Crippen molar-refractivity contribution in [2.75, 3.05) is 11.5 Å². The summed E-state index contributed by atoms with van der Waals surface area (Å²) in [7, 11) is -2.98. The van der Waals surface area contributed by atoms with E-state index in [1.54, 1.807) is 11.3 Å². The van der Waals surface area contributed by atoms with Crippen molar-refractivity contribution in [3.63, 3.8) is 0 Å². The van der Waals surface area contributed by atoms with Gasteiger partial charge in [-0.3, -0.25) is 4.79 Å². The molecular weight excluding hydrogens is 270 g/mol.